The number of amides is 4. The number of nitrogens with zero attached hydrogens (tertiary/aromatic N) is 4. The Morgan fingerprint density at radius 2 is 1.36 bits per heavy atom. The van der Waals surface area contributed by atoms with Crippen molar-refractivity contribution >= 4 is 17.8 Å². The fraction of sp³-hybridized carbons (Fsp3) is 0.229. The summed E-state index contributed by atoms with van der Waals surface area (Å²) >= 11 is 0. The van der Waals surface area contributed by atoms with Crippen LogP contribution in [-0.4, -0.2) is 63.0 Å². The van der Waals surface area contributed by atoms with Gasteiger partial charge in [0.25, 0.3) is 0 Å². The highest BCUT2D eigenvalue weighted by Gasteiger charge is 2.51. The van der Waals surface area contributed by atoms with Crippen LogP contribution in [0.5, 0.6) is 0 Å². The fourth-order valence-electron chi connectivity index (χ4n) is 6.02. The molecule has 0 aromatic heterocycles. The zero-order chi connectivity index (χ0) is 30.5. The van der Waals surface area contributed by atoms with Gasteiger partial charge in [0.05, 0.1) is 13.1 Å². The first-order chi connectivity index (χ1) is 21.5. The number of carbonyl (C=O) groups excluding carboxylic acids is 3. The summed E-state index contributed by atoms with van der Waals surface area (Å²) in [5.41, 5.74) is 3.42. The minimum Gasteiger partial charge on any atom is -0.333 e. The molecule has 6 rings (SSSR count). The number of carbonyl (C=O) groups is 3. The van der Waals surface area contributed by atoms with Crippen molar-refractivity contribution in [2.45, 2.75) is 38.3 Å². The van der Waals surface area contributed by atoms with Gasteiger partial charge in [-0.2, -0.15) is 0 Å². The lowest BCUT2D eigenvalue weighted by Crippen LogP contribution is -2.76. The zero-order valence-electron chi connectivity index (χ0n) is 24.3. The Morgan fingerprint density at radius 3 is 2.02 bits per heavy atom. The molecule has 0 bridgehead atoms. The van der Waals surface area contributed by atoms with Gasteiger partial charge in [0.2, 0.25) is 11.8 Å². The minimum absolute atomic E-state index is 0.0629. The molecule has 4 amide bonds. The maximum Gasteiger partial charge on any atom is 0.334 e. The highest BCUT2D eigenvalue weighted by Crippen LogP contribution is 2.30. The van der Waals surface area contributed by atoms with Crippen molar-refractivity contribution in [2.75, 3.05) is 13.1 Å². The molecule has 2 aliphatic rings. The Hall–Kier alpha value is -5.02. The van der Waals surface area contributed by atoms with Gasteiger partial charge < -0.3 is 15.1 Å². The van der Waals surface area contributed by atoms with Gasteiger partial charge in [-0.1, -0.05) is 103 Å². The number of hydrazine groups is 1. The van der Waals surface area contributed by atoms with Crippen molar-refractivity contribution in [3.63, 3.8) is 0 Å². The average molecular weight is 592 g/mol. The summed E-state index contributed by atoms with van der Waals surface area (Å²) in [7, 11) is 0. The maximum absolute atomic E-state index is 14.1. The maximum atomic E-state index is 14.1. The van der Waals surface area contributed by atoms with Gasteiger partial charge in [0.15, 0.2) is 0 Å². The highest BCUT2D eigenvalue weighted by atomic mass is 19.1. The second-order valence-electron chi connectivity index (χ2n) is 11.1. The predicted molar refractivity (Wildman–Crippen MR) is 164 cm³/mol. The molecule has 2 saturated heterocycles. The molecular weight excluding hydrogens is 557 g/mol. The van der Waals surface area contributed by atoms with E-state index in [9.17, 15) is 18.8 Å². The van der Waals surface area contributed by atoms with Crippen LogP contribution in [-0.2, 0) is 35.6 Å². The predicted octanol–water partition coefficient (Wildman–Crippen LogP) is 4.58. The van der Waals surface area contributed by atoms with Crippen LogP contribution < -0.4 is 5.32 Å². The van der Waals surface area contributed by atoms with Crippen molar-refractivity contribution in [3.8, 4) is 0 Å². The molecule has 4 aromatic carbocycles. The highest BCUT2D eigenvalue weighted by molar-refractivity contribution is 5.91. The molecular formula is C35H34FN5O3. The summed E-state index contributed by atoms with van der Waals surface area (Å²) < 4.78 is 14.1. The number of fused-ring (bicyclic) bond motifs is 1. The van der Waals surface area contributed by atoms with Crippen LogP contribution in [0.3, 0.4) is 0 Å². The molecule has 2 atom stereocenters. The number of hydrogen-bond acceptors (Lipinski definition) is 4. The molecule has 0 spiro atoms. The molecule has 44 heavy (non-hydrogen) atoms. The lowest BCUT2D eigenvalue weighted by Gasteiger charge is -2.55. The van der Waals surface area contributed by atoms with Crippen LogP contribution in [0.25, 0.3) is 0 Å². The van der Waals surface area contributed by atoms with Crippen LogP contribution in [0.4, 0.5) is 9.18 Å². The van der Waals surface area contributed by atoms with Gasteiger partial charge in [-0.05, 0) is 34.4 Å². The normalized spacial score (nSPS) is 18.7. The lowest BCUT2D eigenvalue weighted by molar-refractivity contribution is -0.192. The Balaban J connectivity index is 1.36. The van der Waals surface area contributed by atoms with Gasteiger partial charge in [-0.15, -0.1) is 0 Å². The summed E-state index contributed by atoms with van der Waals surface area (Å²) in [6.07, 6.45) is -0.476. The summed E-state index contributed by atoms with van der Waals surface area (Å²) in [4.78, 5) is 45.3. The lowest BCUT2D eigenvalue weighted by atomic mass is 9.98. The van der Waals surface area contributed by atoms with Crippen LogP contribution in [0, 0.1) is 5.82 Å². The number of benzene rings is 4. The summed E-state index contributed by atoms with van der Waals surface area (Å²) in [5.74, 6) is -0.847. The third kappa shape index (κ3) is 6.48. The van der Waals surface area contributed by atoms with E-state index in [0.29, 0.717) is 25.1 Å². The molecule has 0 aliphatic carbocycles. The largest absolute Gasteiger partial charge is 0.334 e. The van der Waals surface area contributed by atoms with E-state index in [0.717, 1.165) is 16.7 Å². The molecule has 2 heterocycles. The first-order valence-corrected chi connectivity index (χ1v) is 14.7. The summed E-state index contributed by atoms with van der Waals surface area (Å²) in [5, 5.41) is 6.39. The fourth-order valence-corrected chi connectivity index (χ4v) is 6.02. The quantitative estimate of drug-likeness (QED) is 0.326. The molecule has 2 aliphatic heterocycles. The number of piperazine rings is 1. The molecule has 8 nitrogen and oxygen atoms in total. The SMILES string of the molecule is O=C1[C@H](Cc2ccccc2)N2C(=O)CN(Cc3ccccc3)N(C(=O)NCc3ccccc3)[C@H]2CN1Cc1cccc(F)c1. The van der Waals surface area contributed by atoms with E-state index >= 15 is 0 Å². The van der Waals surface area contributed by atoms with E-state index in [-0.39, 0.29) is 37.5 Å². The topological polar surface area (TPSA) is 76.2 Å². The van der Waals surface area contributed by atoms with Crippen LogP contribution >= 0.6 is 0 Å². The van der Waals surface area contributed by atoms with E-state index in [1.165, 1.54) is 12.1 Å². The van der Waals surface area contributed by atoms with Crippen molar-refractivity contribution in [3.05, 3.63) is 143 Å². The molecule has 2 fully saturated rings. The molecule has 4 aromatic rings. The van der Waals surface area contributed by atoms with Crippen LogP contribution in [0.2, 0.25) is 0 Å². The Labute approximate surface area is 256 Å². The van der Waals surface area contributed by atoms with Gasteiger partial charge >= 0.3 is 6.03 Å². The Bertz CT molecular complexity index is 1600. The van der Waals surface area contributed by atoms with Gasteiger partial charge in [-0.25, -0.2) is 19.2 Å². The molecule has 224 valence electrons. The molecule has 0 unspecified atom stereocenters. The number of rotatable bonds is 8. The first-order valence-electron chi connectivity index (χ1n) is 14.7. The van der Waals surface area contributed by atoms with E-state index in [1.54, 1.807) is 32.0 Å². The van der Waals surface area contributed by atoms with E-state index in [1.807, 2.05) is 91.0 Å². The van der Waals surface area contributed by atoms with Crippen LogP contribution in [0.15, 0.2) is 115 Å². The van der Waals surface area contributed by atoms with Crippen molar-refractivity contribution in [1.82, 2.24) is 25.1 Å². The molecule has 0 radical (unpaired) electrons. The number of halogens is 1. The van der Waals surface area contributed by atoms with Gasteiger partial charge in [0.1, 0.15) is 18.0 Å². The molecule has 0 saturated carbocycles. The number of nitrogens with one attached hydrogen (secondary N) is 1. The first kappa shape index (κ1) is 29.1. The van der Waals surface area contributed by atoms with E-state index in [2.05, 4.69) is 5.32 Å². The Kier molecular flexibility index (Phi) is 8.65. The van der Waals surface area contributed by atoms with Crippen molar-refractivity contribution < 1.29 is 18.8 Å². The second-order valence-corrected chi connectivity index (χ2v) is 11.1. The third-order valence-corrected chi connectivity index (χ3v) is 8.07. The van der Waals surface area contributed by atoms with Crippen molar-refractivity contribution in [2.24, 2.45) is 0 Å². The monoisotopic (exact) mass is 591 g/mol. The second kappa shape index (κ2) is 13.1. The zero-order valence-corrected chi connectivity index (χ0v) is 24.3. The molecule has 9 heteroatoms. The van der Waals surface area contributed by atoms with Crippen molar-refractivity contribution in [1.29, 1.82) is 0 Å². The number of hydrogen-bond donors (Lipinski definition) is 1. The van der Waals surface area contributed by atoms with E-state index < -0.39 is 18.0 Å². The summed E-state index contributed by atoms with van der Waals surface area (Å²) in [6.45, 7) is 0.799. The standard InChI is InChI=1S/C35H34FN5O3/c36-30-18-10-17-29(19-30)22-38-24-32-40(31(34(38)43)20-26-11-4-1-5-12-26)33(42)25-39(23-28-15-8-3-9-16-28)41(32)35(44)37-21-27-13-6-2-7-14-27/h1-19,31-32H,20-25H2,(H,37,44)/t31-,32-/m0/s1. The van der Waals surface area contributed by atoms with Gasteiger partial charge in [-0.3, -0.25) is 9.59 Å². The van der Waals surface area contributed by atoms with Crippen LogP contribution in [0.1, 0.15) is 22.3 Å². The number of urea groups is 1. The smallest absolute Gasteiger partial charge is 0.333 e. The minimum atomic E-state index is -0.833. The Morgan fingerprint density at radius 1 is 0.750 bits per heavy atom. The van der Waals surface area contributed by atoms with Gasteiger partial charge in [0, 0.05) is 26.1 Å². The summed E-state index contributed by atoms with van der Waals surface area (Å²) in [6, 6.07) is 33.8. The molecule has 1 N–H and O–H groups in total. The average Bonchev–Trinajstić information content (AvgIpc) is 3.03. The van der Waals surface area contributed by atoms with E-state index in [4.69, 9.17) is 0 Å². The third-order valence-electron chi connectivity index (χ3n) is 8.07.